The molecule has 0 unspecified atom stereocenters. The second kappa shape index (κ2) is 8.13. The van der Waals surface area contributed by atoms with E-state index in [1.165, 1.54) is 35.6 Å². The highest BCUT2D eigenvalue weighted by Crippen LogP contribution is 2.32. The lowest BCUT2D eigenvalue weighted by atomic mass is 10.1. The summed E-state index contributed by atoms with van der Waals surface area (Å²) in [5.41, 5.74) is 2.15. The third-order valence-electron chi connectivity index (χ3n) is 4.21. The number of rotatable bonds is 6. The fourth-order valence-electron chi connectivity index (χ4n) is 2.84. The summed E-state index contributed by atoms with van der Waals surface area (Å²) in [6.07, 6.45) is 2.76. The van der Waals surface area contributed by atoms with Crippen LogP contribution in [0.3, 0.4) is 0 Å². The smallest absolute Gasteiger partial charge is 0.270 e. The minimum atomic E-state index is -0.488. The molecule has 150 valence electrons. The van der Waals surface area contributed by atoms with Crippen molar-refractivity contribution in [1.82, 2.24) is 14.6 Å². The number of nitro benzene ring substituents is 1. The molecule has 0 bridgehead atoms. The van der Waals surface area contributed by atoms with Crippen molar-refractivity contribution in [2.45, 2.75) is 0 Å². The normalized spacial score (nSPS) is 11.1. The predicted octanol–water partition coefficient (Wildman–Crippen LogP) is 4.03. The first-order chi connectivity index (χ1) is 14.5. The molecule has 0 fully saturated rings. The Balaban J connectivity index is 1.53. The van der Waals surface area contributed by atoms with E-state index >= 15 is 0 Å². The number of nitro groups is 1. The van der Waals surface area contributed by atoms with Gasteiger partial charge in [0.05, 0.1) is 17.7 Å². The van der Waals surface area contributed by atoms with E-state index in [2.05, 4.69) is 15.4 Å². The fraction of sp³-hybridized carbons (Fsp3) is 0.0500. The van der Waals surface area contributed by atoms with E-state index in [-0.39, 0.29) is 11.6 Å². The Morgan fingerprint density at radius 3 is 2.90 bits per heavy atom. The lowest BCUT2D eigenvalue weighted by molar-refractivity contribution is -0.384. The molecule has 0 saturated carbocycles. The predicted molar refractivity (Wildman–Crippen MR) is 114 cm³/mol. The monoisotopic (exact) mass is 421 g/mol. The zero-order valence-electron chi connectivity index (χ0n) is 15.7. The molecule has 30 heavy (non-hydrogen) atoms. The number of non-ortho nitro benzene ring substituents is 1. The molecule has 10 heteroatoms. The first-order valence-corrected chi connectivity index (χ1v) is 9.64. The molecular formula is C20H15N5O4S. The van der Waals surface area contributed by atoms with Crippen LogP contribution in [0.4, 0.5) is 11.6 Å². The van der Waals surface area contributed by atoms with Crippen LogP contribution >= 0.6 is 11.3 Å². The first kappa shape index (κ1) is 19.3. The number of methoxy groups -OCH3 is 1. The maximum Gasteiger partial charge on any atom is 0.270 e. The van der Waals surface area contributed by atoms with Gasteiger partial charge in [-0.1, -0.05) is 24.3 Å². The number of ether oxygens (including phenoxy) is 1. The van der Waals surface area contributed by atoms with E-state index in [0.29, 0.717) is 16.3 Å². The van der Waals surface area contributed by atoms with Gasteiger partial charge >= 0.3 is 0 Å². The van der Waals surface area contributed by atoms with Gasteiger partial charge in [0.25, 0.3) is 17.5 Å². The van der Waals surface area contributed by atoms with Gasteiger partial charge in [-0.2, -0.15) is 4.98 Å². The number of fused-ring (bicyclic) bond motifs is 1. The minimum Gasteiger partial charge on any atom is -0.496 e. The zero-order valence-corrected chi connectivity index (χ0v) is 16.5. The van der Waals surface area contributed by atoms with Crippen LogP contribution < -0.4 is 10.1 Å². The Labute approximate surface area is 174 Å². The van der Waals surface area contributed by atoms with E-state index in [0.717, 1.165) is 11.3 Å². The Morgan fingerprint density at radius 1 is 1.27 bits per heavy atom. The topological polar surface area (TPSA) is 112 Å². The van der Waals surface area contributed by atoms with Gasteiger partial charge in [0.2, 0.25) is 4.96 Å². The SMILES string of the molecule is COc1ccccc1-c1csc2nc(NC(=O)/C=C/c3cccc([N+](=O)[O-])c3)nn12. The number of para-hydroxylation sites is 1. The molecule has 0 atom stereocenters. The van der Waals surface area contributed by atoms with Gasteiger partial charge in [0.15, 0.2) is 0 Å². The van der Waals surface area contributed by atoms with E-state index in [1.54, 1.807) is 23.8 Å². The standard InChI is InChI=1S/C20H15N5O4S/c1-29-17-8-3-2-7-15(17)16-12-30-20-22-19(23-24(16)20)21-18(26)10-9-13-5-4-6-14(11-13)25(27)28/h2-12H,1H3,(H,21,23,26)/b10-9+. The maximum absolute atomic E-state index is 12.2. The summed E-state index contributed by atoms with van der Waals surface area (Å²) < 4.78 is 7.05. The second-order valence-corrected chi connectivity index (χ2v) is 6.96. The Kier molecular flexibility index (Phi) is 5.22. The van der Waals surface area contributed by atoms with Crippen LogP contribution in [0, 0.1) is 10.1 Å². The summed E-state index contributed by atoms with van der Waals surface area (Å²) in [5.74, 6) is 0.420. The van der Waals surface area contributed by atoms with Crippen molar-refractivity contribution in [3.05, 3.63) is 75.7 Å². The number of carbonyl (C=O) groups is 1. The minimum absolute atomic E-state index is 0.0440. The summed E-state index contributed by atoms with van der Waals surface area (Å²) in [5, 5.41) is 19.7. The van der Waals surface area contributed by atoms with E-state index in [4.69, 9.17) is 4.74 Å². The number of nitrogens with one attached hydrogen (secondary N) is 1. The van der Waals surface area contributed by atoms with Crippen LogP contribution in [0.5, 0.6) is 5.75 Å². The summed E-state index contributed by atoms with van der Waals surface area (Å²) in [7, 11) is 1.60. The van der Waals surface area contributed by atoms with Crippen molar-refractivity contribution in [2.75, 3.05) is 12.4 Å². The van der Waals surface area contributed by atoms with Crippen LogP contribution in [0.1, 0.15) is 5.56 Å². The van der Waals surface area contributed by atoms with Crippen LogP contribution in [0.25, 0.3) is 22.3 Å². The molecule has 2 aromatic carbocycles. The quantitative estimate of drug-likeness (QED) is 0.286. The number of anilines is 1. The summed E-state index contributed by atoms with van der Waals surface area (Å²) in [4.78, 5) is 27.5. The molecule has 2 heterocycles. The molecule has 2 aromatic heterocycles. The molecule has 0 saturated heterocycles. The highest BCUT2D eigenvalue weighted by molar-refractivity contribution is 7.15. The maximum atomic E-state index is 12.2. The summed E-state index contributed by atoms with van der Waals surface area (Å²) >= 11 is 1.39. The van der Waals surface area contributed by atoms with Crippen molar-refractivity contribution >= 4 is 39.9 Å². The highest BCUT2D eigenvalue weighted by atomic mass is 32.1. The van der Waals surface area contributed by atoms with Crippen molar-refractivity contribution in [3.8, 4) is 17.0 Å². The molecule has 0 radical (unpaired) electrons. The van der Waals surface area contributed by atoms with Crippen LogP contribution in [0.2, 0.25) is 0 Å². The number of hydrogen-bond acceptors (Lipinski definition) is 7. The molecular weight excluding hydrogens is 406 g/mol. The number of nitrogens with zero attached hydrogens (tertiary/aromatic N) is 4. The Bertz CT molecular complexity index is 1280. The van der Waals surface area contributed by atoms with Gasteiger partial charge < -0.3 is 4.74 Å². The van der Waals surface area contributed by atoms with Gasteiger partial charge in [-0.25, -0.2) is 4.52 Å². The average Bonchev–Trinajstić information content (AvgIpc) is 3.32. The van der Waals surface area contributed by atoms with Gasteiger partial charge in [0.1, 0.15) is 5.75 Å². The first-order valence-electron chi connectivity index (χ1n) is 8.76. The molecule has 0 aliphatic carbocycles. The zero-order chi connectivity index (χ0) is 21.1. The molecule has 4 aromatic rings. The summed E-state index contributed by atoms with van der Waals surface area (Å²) in [6.45, 7) is 0. The van der Waals surface area contributed by atoms with Gasteiger partial charge in [-0.15, -0.1) is 16.4 Å². The third-order valence-corrected chi connectivity index (χ3v) is 5.02. The van der Waals surface area contributed by atoms with Crippen LogP contribution in [-0.4, -0.2) is 32.5 Å². The molecule has 1 amide bonds. The molecule has 0 spiro atoms. The number of carbonyl (C=O) groups excluding carboxylic acids is 1. The van der Waals surface area contributed by atoms with Gasteiger partial charge in [-0.3, -0.25) is 20.2 Å². The number of amides is 1. The number of aromatic nitrogens is 3. The number of hydrogen-bond donors (Lipinski definition) is 1. The van der Waals surface area contributed by atoms with Gasteiger partial charge in [-0.05, 0) is 23.8 Å². The molecule has 1 N–H and O–H groups in total. The Morgan fingerprint density at radius 2 is 2.10 bits per heavy atom. The molecule has 4 rings (SSSR count). The number of benzene rings is 2. The molecule has 0 aliphatic rings. The lowest BCUT2D eigenvalue weighted by Crippen LogP contribution is -2.09. The van der Waals surface area contributed by atoms with Crippen molar-refractivity contribution in [2.24, 2.45) is 0 Å². The van der Waals surface area contributed by atoms with Crippen molar-refractivity contribution in [1.29, 1.82) is 0 Å². The highest BCUT2D eigenvalue weighted by Gasteiger charge is 2.15. The van der Waals surface area contributed by atoms with Gasteiger partial charge in [0, 0.05) is 29.2 Å². The molecule has 0 aliphatic heterocycles. The molecule has 9 nitrogen and oxygen atoms in total. The summed E-state index contributed by atoms with van der Waals surface area (Å²) in [6, 6.07) is 13.6. The van der Waals surface area contributed by atoms with Crippen LogP contribution in [-0.2, 0) is 4.79 Å². The van der Waals surface area contributed by atoms with E-state index < -0.39 is 10.8 Å². The average molecular weight is 421 g/mol. The lowest BCUT2D eigenvalue weighted by Gasteiger charge is -2.06. The van der Waals surface area contributed by atoms with Crippen molar-refractivity contribution < 1.29 is 14.5 Å². The second-order valence-electron chi connectivity index (χ2n) is 6.13. The van der Waals surface area contributed by atoms with Crippen molar-refractivity contribution in [3.63, 3.8) is 0 Å². The van der Waals surface area contributed by atoms with E-state index in [1.807, 2.05) is 29.6 Å². The largest absolute Gasteiger partial charge is 0.496 e. The Hall–Kier alpha value is -4.05. The van der Waals surface area contributed by atoms with E-state index in [9.17, 15) is 14.9 Å². The number of thiazole rings is 1. The third kappa shape index (κ3) is 3.89. The fourth-order valence-corrected chi connectivity index (χ4v) is 3.66. The van der Waals surface area contributed by atoms with Crippen LogP contribution in [0.15, 0.2) is 60.0 Å².